The highest BCUT2D eigenvalue weighted by molar-refractivity contribution is 7.05. The van der Waals surface area contributed by atoms with Crippen molar-refractivity contribution in [3.05, 3.63) is 10.6 Å². The van der Waals surface area contributed by atoms with E-state index in [2.05, 4.69) is 16.5 Å². The number of hydrogen-bond donors (Lipinski definition) is 1. The van der Waals surface area contributed by atoms with Crippen LogP contribution in [0.5, 0.6) is 0 Å². The average molecular weight is 201 g/mol. The van der Waals surface area contributed by atoms with Crippen molar-refractivity contribution in [3.63, 3.8) is 0 Å². The normalized spacial score (nSPS) is 13.2. The van der Waals surface area contributed by atoms with Crippen molar-refractivity contribution in [1.29, 1.82) is 0 Å². The van der Waals surface area contributed by atoms with E-state index in [9.17, 15) is 0 Å². The molecule has 0 amide bonds. The van der Waals surface area contributed by atoms with Crippen molar-refractivity contribution in [3.8, 4) is 0 Å². The van der Waals surface area contributed by atoms with Gasteiger partial charge in [-0.25, -0.2) is 0 Å². The number of rotatable bonds is 5. The molecule has 74 valence electrons. The van der Waals surface area contributed by atoms with E-state index in [1.807, 2.05) is 0 Å². The number of nitrogens with zero attached hydrogens (tertiary/aromatic N) is 2. The van der Waals surface area contributed by atoms with E-state index in [1.54, 1.807) is 7.11 Å². The van der Waals surface area contributed by atoms with Crippen LogP contribution in [0.4, 0.5) is 0 Å². The molecule has 0 aliphatic rings. The van der Waals surface area contributed by atoms with E-state index in [4.69, 9.17) is 10.5 Å². The minimum Gasteiger partial charge on any atom is -0.383 e. The summed E-state index contributed by atoms with van der Waals surface area (Å²) in [6.07, 6.45) is 2.02. The van der Waals surface area contributed by atoms with Gasteiger partial charge in [-0.05, 0) is 18.0 Å². The second-order valence-corrected chi connectivity index (χ2v) is 3.68. The van der Waals surface area contributed by atoms with Gasteiger partial charge in [0.15, 0.2) is 0 Å². The molecule has 0 aliphatic carbocycles. The maximum Gasteiger partial charge on any atom is 0.0804 e. The summed E-state index contributed by atoms with van der Waals surface area (Å²) < 4.78 is 8.89. The first kappa shape index (κ1) is 10.6. The number of aryl methyl sites for hydroxylation is 1. The predicted octanol–water partition coefficient (Wildman–Crippen LogP) is 1.14. The van der Waals surface area contributed by atoms with Gasteiger partial charge in [0.05, 0.1) is 23.2 Å². The van der Waals surface area contributed by atoms with E-state index in [0.29, 0.717) is 6.61 Å². The van der Waals surface area contributed by atoms with E-state index in [-0.39, 0.29) is 6.04 Å². The highest BCUT2D eigenvalue weighted by atomic mass is 32.1. The summed E-state index contributed by atoms with van der Waals surface area (Å²) in [6, 6.07) is -0.0773. The van der Waals surface area contributed by atoms with Gasteiger partial charge in [0.25, 0.3) is 0 Å². The summed E-state index contributed by atoms with van der Waals surface area (Å²) in [5, 5.41) is 4.04. The molecule has 1 unspecified atom stereocenters. The van der Waals surface area contributed by atoms with Gasteiger partial charge >= 0.3 is 0 Å². The van der Waals surface area contributed by atoms with E-state index in [1.165, 1.54) is 11.5 Å². The zero-order chi connectivity index (χ0) is 9.68. The lowest BCUT2D eigenvalue weighted by Crippen LogP contribution is -2.16. The molecule has 0 radical (unpaired) electrons. The molecule has 0 aromatic carbocycles. The molecule has 1 heterocycles. The lowest BCUT2D eigenvalue weighted by Gasteiger charge is -2.08. The quantitative estimate of drug-likeness (QED) is 0.776. The molecular formula is C8H15N3OS. The zero-order valence-corrected chi connectivity index (χ0v) is 8.80. The standard InChI is InChI=1S/C8H15N3OS/c1-3-4-7-8(13-11-10-7)6(9)5-12-2/h6H,3-5,9H2,1-2H3. The number of methoxy groups -OCH3 is 1. The molecule has 0 saturated heterocycles. The van der Waals surface area contributed by atoms with Crippen molar-refractivity contribution in [2.45, 2.75) is 25.8 Å². The van der Waals surface area contributed by atoms with Crippen molar-refractivity contribution >= 4 is 11.5 Å². The fraction of sp³-hybridized carbons (Fsp3) is 0.750. The first-order chi connectivity index (χ1) is 6.29. The lowest BCUT2D eigenvalue weighted by atomic mass is 10.1. The first-order valence-corrected chi connectivity index (χ1v) is 5.12. The lowest BCUT2D eigenvalue weighted by molar-refractivity contribution is 0.181. The Bertz CT molecular complexity index is 251. The molecule has 1 atom stereocenters. The van der Waals surface area contributed by atoms with Gasteiger partial charge in [0, 0.05) is 7.11 Å². The highest BCUT2D eigenvalue weighted by Gasteiger charge is 2.14. The Morgan fingerprint density at radius 3 is 3.00 bits per heavy atom. The van der Waals surface area contributed by atoms with Gasteiger partial charge in [0.1, 0.15) is 0 Å². The smallest absolute Gasteiger partial charge is 0.0804 e. The van der Waals surface area contributed by atoms with Crippen LogP contribution in [0.2, 0.25) is 0 Å². The topological polar surface area (TPSA) is 61.0 Å². The van der Waals surface area contributed by atoms with Crippen molar-refractivity contribution in [2.24, 2.45) is 5.73 Å². The maximum absolute atomic E-state index is 5.89. The molecular weight excluding hydrogens is 186 g/mol. The third kappa shape index (κ3) is 2.72. The predicted molar refractivity (Wildman–Crippen MR) is 52.7 cm³/mol. The van der Waals surface area contributed by atoms with Crippen LogP contribution in [-0.2, 0) is 11.2 Å². The number of nitrogens with two attached hydrogens (primary N) is 1. The largest absolute Gasteiger partial charge is 0.383 e. The van der Waals surface area contributed by atoms with Crippen LogP contribution in [-0.4, -0.2) is 23.3 Å². The van der Waals surface area contributed by atoms with Crippen LogP contribution in [0.15, 0.2) is 0 Å². The molecule has 0 saturated carbocycles. The molecule has 0 fully saturated rings. The Kier molecular flexibility index (Phi) is 4.27. The highest BCUT2D eigenvalue weighted by Crippen LogP contribution is 2.19. The minimum absolute atomic E-state index is 0.0773. The number of aromatic nitrogens is 2. The van der Waals surface area contributed by atoms with Crippen LogP contribution in [0.25, 0.3) is 0 Å². The molecule has 5 heteroatoms. The Balaban J connectivity index is 2.68. The van der Waals surface area contributed by atoms with Crippen LogP contribution in [0.3, 0.4) is 0 Å². The molecule has 2 N–H and O–H groups in total. The minimum atomic E-state index is -0.0773. The van der Waals surface area contributed by atoms with Gasteiger partial charge < -0.3 is 10.5 Å². The summed E-state index contributed by atoms with van der Waals surface area (Å²) >= 11 is 1.37. The van der Waals surface area contributed by atoms with Crippen molar-refractivity contribution < 1.29 is 4.74 Å². The Morgan fingerprint density at radius 2 is 2.38 bits per heavy atom. The fourth-order valence-electron chi connectivity index (χ4n) is 1.16. The molecule has 0 aliphatic heterocycles. The second-order valence-electron chi connectivity index (χ2n) is 2.90. The Morgan fingerprint density at radius 1 is 1.62 bits per heavy atom. The summed E-state index contributed by atoms with van der Waals surface area (Å²) in [5.41, 5.74) is 6.91. The third-order valence-electron chi connectivity index (χ3n) is 1.75. The van der Waals surface area contributed by atoms with Crippen LogP contribution in [0, 0.1) is 0 Å². The SMILES string of the molecule is CCCc1nnsc1C(N)COC. The fourth-order valence-corrected chi connectivity index (χ4v) is 1.84. The maximum atomic E-state index is 5.89. The first-order valence-electron chi connectivity index (χ1n) is 4.35. The van der Waals surface area contributed by atoms with Crippen LogP contribution in [0.1, 0.15) is 30.0 Å². The molecule has 0 spiro atoms. The molecule has 0 bridgehead atoms. The third-order valence-corrected chi connectivity index (χ3v) is 2.65. The Labute approximate surface area is 82.3 Å². The molecule has 1 aromatic rings. The van der Waals surface area contributed by atoms with Gasteiger partial charge in [-0.15, -0.1) is 5.10 Å². The van der Waals surface area contributed by atoms with E-state index < -0.39 is 0 Å². The van der Waals surface area contributed by atoms with Gasteiger partial charge in [-0.2, -0.15) is 0 Å². The van der Waals surface area contributed by atoms with Crippen LogP contribution < -0.4 is 5.73 Å². The Hall–Kier alpha value is -0.520. The van der Waals surface area contributed by atoms with E-state index in [0.717, 1.165) is 23.4 Å². The molecule has 1 rings (SSSR count). The van der Waals surface area contributed by atoms with Gasteiger partial charge in [-0.1, -0.05) is 17.8 Å². The average Bonchev–Trinajstić information content (AvgIpc) is 2.54. The zero-order valence-electron chi connectivity index (χ0n) is 7.99. The summed E-state index contributed by atoms with van der Waals surface area (Å²) in [5.74, 6) is 0. The molecule has 1 aromatic heterocycles. The van der Waals surface area contributed by atoms with Gasteiger partial charge in [0.2, 0.25) is 0 Å². The van der Waals surface area contributed by atoms with Crippen molar-refractivity contribution in [1.82, 2.24) is 9.59 Å². The summed E-state index contributed by atoms with van der Waals surface area (Å²) in [6.45, 7) is 2.64. The second kappa shape index (κ2) is 5.26. The van der Waals surface area contributed by atoms with E-state index >= 15 is 0 Å². The number of hydrogen-bond acceptors (Lipinski definition) is 5. The monoisotopic (exact) mass is 201 g/mol. The molecule has 13 heavy (non-hydrogen) atoms. The van der Waals surface area contributed by atoms with Crippen molar-refractivity contribution in [2.75, 3.05) is 13.7 Å². The van der Waals surface area contributed by atoms with Crippen LogP contribution >= 0.6 is 11.5 Å². The summed E-state index contributed by atoms with van der Waals surface area (Å²) in [4.78, 5) is 1.06. The summed E-state index contributed by atoms with van der Waals surface area (Å²) in [7, 11) is 1.65. The molecule has 4 nitrogen and oxygen atoms in total. The van der Waals surface area contributed by atoms with Gasteiger partial charge in [-0.3, -0.25) is 0 Å². The number of ether oxygens (including phenoxy) is 1.